The largest absolute Gasteiger partial charge is 0.497 e. The first kappa shape index (κ1) is 20.4. The van der Waals surface area contributed by atoms with Gasteiger partial charge in [0.25, 0.3) is 0 Å². The molecule has 2 amide bonds. The van der Waals surface area contributed by atoms with Gasteiger partial charge in [0.1, 0.15) is 16.9 Å². The molecule has 150 valence electrons. The number of ether oxygens (including phenoxy) is 2. The number of hydrogen-bond donors (Lipinski definition) is 1. The van der Waals surface area contributed by atoms with Gasteiger partial charge in [0.15, 0.2) is 0 Å². The summed E-state index contributed by atoms with van der Waals surface area (Å²) in [5, 5.41) is 3.00. The summed E-state index contributed by atoms with van der Waals surface area (Å²) in [6.45, 7) is 7.32. The second kappa shape index (κ2) is 8.35. The highest BCUT2D eigenvalue weighted by molar-refractivity contribution is 7.99. The fraction of sp³-hybridized carbons (Fsp3) is 0.409. The van der Waals surface area contributed by atoms with Crippen molar-refractivity contribution in [2.45, 2.75) is 31.6 Å². The quantitative estimate of drug-likeness (QED) is 0.758. The molecule has 1 unspecified atom stereocenters. The van der Waals surface area contributed by atoms with E-state index in [1.807, 2.05) is 4.90 Å². The van der Waals surface area contributed by atoms with E-state index in [1.54, 1.807) is 44.2 Å². The molecule has 0 spiro atoms. The summed E-state index contributed by atoms with van der Waals surface area (Å²) < 4.78 is 10.6. The lowest BCUT2D eigenvalue weighted by molar-refractivity contribution is 0.214. The molecular weight excluding hydrogens is 372 g/mol. The van der Waals surface area contributed by atoms with Crippen LogP contribution in [0.1, 0.15) is 37.3 Å². The van der Waals surface area contributed by atoms with Gasteiger partial charge in [-0.25, -0.2) is 4.79 Å². The van der Waals surface area contributed by atoms with Crippen molar-refractivity contribution in [1.82, 2.24) is 4.90 Å². The Balaban J connectivity index is 1.76. The first-order chi connectivity index (χ1) is 13.3. The van der Waals surface area contributed by atoms with E-state index in [0.29, 0.717) is 23.7 Å². The molecule has 1 N–H and O–H groups in total. The molecule has 5 nitrogen and oxygen atoms in total. The standard InChI is InChI=1S/C22H28N2O3S/c1-22(2,3)16-8-6-15(7-9-16)20-24(10-11-28-20)21(25)23-17-12-18(26-4)14-19(13-17)27-5/h6-9,12-14,20H,10-11H2,1-5H3,(H,23,25). The fourth-order valence-corrected chi connectivity index (χ4v) is 4.43. The van der Waals surface area contributed by atoms with Gasteiger partial charge in [-0.3, -0.25) is 0 Å². The maximum atomic E-state index is 12.9. The van der Waals surface area contributed by atoms with Gasteiger partial charge in [0.05, 0.1) is 14.2 Å². The van der Waals surface area contributed by atoms with Gasteiger partial charge in [0, 0.05) is 36.2 Å². The van der Waals surface area contributed by atoms with Crippen LogP contribution in [0.3, 0.4) is 0 Å². The maximum Gasteiger partial charge on any atom is 0.323 e. The summed E-state index contributed by atoms with van der Waals surface area (Å²) >= 11 is 1.79. The number of anilines is 1. The van der Waals surface area contributed by atoms with Gasteiger partial charge in [-0.2, -0.15) is 0 Å². The average molecular weight is 401 g/mol. The molecule has 0 aromatic heterocycles. The van der Waals surface area contributed by atoms with Crippen LogP contribution in [0.2, 0.25) is 0 Å². The Morgan fingerprint density at radius 2 is 1.68 bits per heavy atom. The third-order valence-electron chi connectivity index (χ3n) is 4.82. The van der Waals surface area contributed by atoms with Gasteiger partial charge in [0.2, 0.25) is 0 Å². The minimum atomic E-state index is -0.120. The average Bonchev–Trinajstić information content (AvgIpc) is 3.17. The first-order valence-electron chi connectivity index (χ1n) is 9.34. The Morgan fingerprint density at radius 3 is 2.21 bits per heavy atom. The second-order valence-corrected chi connectivity index (χ2v) is 9.01. The number of nitrogens with one attached hydrogen (secondary N) is 1. The molecule has 2 aromatic rings. The normalized spacial score (nSPS) is 16.8. The number of rotatable bonds is 4. The molecule has 0 bridgehead atoms. The zero-order valence-electron chi connectivity index (χ0n) is 17.1. The van der Waals surface area contributed by atoms with Crippen LogP contribution in [0.4, 0.5) is 10.5 Å². The van der Waals surface area contributed by atoms with Crippen LogP contribution in [0.5, 0.6) is 11.5 Å². The lowest BCUT2D eigenvalue weighted by Gasteiger charge is -2.26. The zero-order chi connectivity index (χ0) is 20.3. The third kappa shape index (κ3) is 4.55. The van der Waals surface area contributed by atoms with E-state index < -0.39 is 0 Å². The van der Waals surface area contributed by atoms with E-state index in [0.717, 1.165) is 11.3 Å². The topological polar surface area (TPSA) is 50.8 Å². The van der Waals surface area contributed by atoms with E-state index in [1.165, 1.54) is 5.56 Å². The van der Waals surface area contributed by atoms with Gasteiger partial charge >= 0.3 is 6.03 Å². The van der Waals surface area contributed by atoms with E-state index >= 15 is 0 Å². The van der Waals surface area contributed by atoms with Crippen molar-refractivity contribution in [3.63, 3.8) is 0 Å². The van der Waals surface area contributed by atoms with Crippen LogP contribution in [-0.2, 0) is 5.41 Å². The Bertz CT molecular complexity index is 808. The van der Waals surface area contributed by atoms with Crippen LogP contribution in [0, 0.1) is 0 Å². The smallest absolute Gasteiger partial charge is 0.323 e. The van der Waals surface area contributed by atoms with E-state index in [2.05, 4.69) is 50.4 Å². The van der Waals surface area contributed by atoms with Crippen LogP contribution in [-0.4, -0.2) is 37.4 Å². The van der Waals surface area contributed by atoms with Crippen molar-refractivity contribution in [3.8, 4) is 11.5 Å². The van der Waals surface area contributed by atoms with E-state index in [4.69, 9.17) is 9.47 Å². The number of methoxy groups -OCH3 is 2. The molecule has 1 heterocycles. The van der Waals surface area contributed by atoms with Crippen LogP contribution >= 0.6 is 11.8 Å². The fourth-order valence-electron chi connectivity index (χ4n) is 3.18. The molecule has 28 heavy (non-hydrogen) atoms. The number of benzene rings is 2. The molecule has 1 fully saturated rings. The van der Waals surface area contributed by atoms with Crippen molar-refractivity contribution in [3.05, 3.63) is 53.6 Å². The van der Waals surface area contributed by atoms with E-state index in [9.17, 15) is 4.79 Å². The SMILES string of the molecule is COc1cc(NC(=O)N2CCSC2c2ccc(C(C)(C)C)cc2)cc(OC)c1. The highest BCUT2D eigenvalue weighted by Gasteiger charge is 2.31. The Labute approximate surface area is 171 Å². The number of hydrogen-bond acceptors (Lipinski definition) is 4. The number of amides is 2. The van der Waals surface area contributed by atoms with E-state index in [-0.39, 0.29) is 16.8 Å². The minimum Gasteiger partial charge on any atom is -0.497 e. The first-order valence-corrected chi connectivity index (χ1v) is 10.4. The molecule has 2 aromatic carbocycles. The molecule has 1 saturated heterocycles. The molecule has 3 rings (SSSR count). The highest BCUT2D eigenvalue weighted by atomic mass is 32.2. The number of thioether (sulfide) groups is 1. The lowest BCUT2D eigenvalue weighted by atomic mass is 9.87. The van der Waals surface area contributed by atoms with Crippen LogP contribution in [0.25, 0.3) is 0 Å². The second-order valence-electron chi connectivity index (χ2n) is 7.82. The predicted molar refractivity (Wildman–Crippen MR) is 116 cm³/mol. The monoisotopic (exact) mass is 400 g/mol. The summed E-state index contributed by atoms with van der Waals surface area (Å²) in [4.78, 5) is 14.8. The molecule has 1 atom stereocenters. The molecular formula is C22H28N2O3S. The van der Waals surface area contributed by atoms with Gasteiger partial charge < -0.3 is 19.7 Å². The Hall–Kier alpha value is -2.34. The van der Waals surface area contributed by atoms with Gasteiger partial charge in [-0.1, -0.05) is 45.0 Å². The van der Waals surface area contributed by atoms with Crippen molar-refractivity contribution < 1.29 is 14.3 Å². The molecule has 6 heteroatoms. The summed E-state index contributed by atoms with van der Waals surface area (Å²) in [7, 11) is 3.18. The summed E-state index contributed by atoms with van der Waals surface area (Å²) in [5.74, 6) is 2.19. The Morgan fingerprint density at radius 1 is 1.07 bits per heavy atom. The Kier molecular flexibility index (Phi) is 6.08. The van der Waals surface area contributed by atoms with Crippen molar-refractivity contribution in [2.24, 2.45) is 0 Å². The summed E-state index contributed by atoms with van der Waals surface area (Å²) in [6.07, 6.45) is 0. The summed E-state index contributed by atoms with van der Waals surface area (Å²) in [6, 6.07) is 13.8. The number of carbonyl (C=O) groups excluding carboxylic acids is 1. The number of carbonyl (C=O) groups is 1. The predicted octanol–water partition coefficient (Wildman–Crippen LogP) is 5.28. The zero-order valence-corrected chi connectivity index (χ0v) is 17.9. The van der Waals surface area contributed by atoms with Gasteiger partial charge in [-0.15, -0.1) is 11.8 Å². The number of nitrogens with zero attached hydrogens (tertiary/aromatic N) is 1. The molecule has 0 aliphatic carbocycles. The molecule has 1 aliphatic rings. The molecule has 0 radical (unpaired) electrons. The van der Waals surface area contributed by atoms with Crippen LogP contribution in [0.15, 0.2) is 42.5 Å². The minimum absolute atomic E-state index is 0.0153. The van der Waals surface area contributed by atoms with Crippen LogP contribution < -0.4 is 14.8 Å². The van der Waals surface area contributed by atoms with Crippen molar-refractivity contribution in [2.75, 3.05) is 31.8 Å². The summed E-state index contributed by atoms with van der Waals surface area (Å²) in [5.41, 5.74) is 3.21. The third-order valence-corrected chi connectivity index (χ3v) is 6.08. The molecule has 1 aliphatic heterocycles. The van der Waals surface area contributed by atoms with Gasteiger partial charge in [-0.05, 0) is 16.5 Å². The number of urea groups is 1. The maximum absolute atomic E-state index is 12.9. The van der Waals surface area contributed by atoms with Crippen molar-refractivity contribution >= 4 is 23.5 Å². The van der Waals surface area contributed by atoms with Crippen molar-refractivity contribution in [1.29, 1.82) is 0 Å². The lowest BCUT2D eigenvalue weighted by Crippen LogP contribution is -2.34. The highest BCUT2D eigenvalue weighted by Crippen LogP contribution is 2.39. The molecule has 0 saturated carbocycles.